The number of fused-ring (bicyclic) bond motifs is 5. The summed E-state index contributed by atoms with van der Waals surface area (Å²) in [5, 5.41) is 6.38. The van der Waals surface area contributed by atoms with Crippen molar-refractivity contribution in [2.24, 2.45) is 11.8 Å². The number of aryl methyl sites for hydroxylation is 1. The highest BCUT2D eigenvalue weighted by Gasteiger charge is 2.67. The molecule has 2 saturated heterocycles. The van der Waals surface area contributed by atoms with Gasteiger partial charge in [0.15, 0.2) is 5.11 Å². The fraction of sp³-hybridized carbons (Fsp3) is 0.261. The second-order valence-electron chi connectivity index (χ2n) is 8.06. The Morgan fingerprint density at radius 1 is 1.13 bits per heavy atom. The minimum absolute atomic E-state index is 0.231. The third-order valence-corrected chi connectivity index (χ3v) is 6.32. The molecule has 2 fully saturated rings. The maximum Gasteiger partial charge on any atom is 0.241 e. The van der Waals surface area contributed by atoms with Gasteiger partial charge >= 0.3 is 0 Å². The SMILES string of the molecule is Cc1ccc(N2C(=O)[C@@H]3[C@H]4C=C[C@@](CNC(=S)Nc5ccc(F)cc5)(O4)[C@H]3C2=O)cc1. The first-order valence-electron chi connectivity index (χ1n) is 10.00. The Kier molecular flexibility index (Phi) is 4.64. The largest absolute Gasteiger partial charge is 0.360 e. The first kappa shape index (κ1) is 19.8. The third kappa shape index (κ3) is 3.23. The Morgan fingerprint density at radius 3 is 2.55 bits per heavy atom. The van der Waals surface area contributed by atoms with Crippen LogP contribution in [0.3, 0.4) is 0 Å². The molecule has 3 heterocycles. The van der Waals surface area contributed by atoms with Crippen molar-refractivity contribution in [3.05, 3.63) is 72.1 Å². The smallest absolute Gasteiger partial charge is 0.241 e. The standard InChI is InChI=1S/C23H20FN3O3S/c1-13-2-8-16(9-3-13)27-20(28)18-17-10-11-23(30-17,19(18)21(27)29)12-25-22(31)26-15-6-4-14(24)5-7-15/h2-11,17-19H,12H2,1H3,(H2,25,26,31)/t17-,18-,19-,23+/m1/s1. The van der Waals surface area contributed by atoms with Crippen LogP contribution in [0.1, 0.15) is 5.56 Å². The number of amides is 2. The first-order valence-corrected chi connectivity index (χ1v) is 10.4. The lowest BCUT2D eigenvalue weighted by Crippen LogP contribution is -2.49. The number of benzene rings is 2. The van der Waals surface area contributed by atoms with E-state index >= 15 is 0 Å². The lowest BCUT2D eigenvalue weighted by molar-refractivity contribution is -0.126. The van der Waals surface area contributed by atoms with E-state index in [1.165, 1.54) is 17.0 Å². The van der Waals surface area contributed by atoms with Gasteiger partial charge in [-0.05, 0) is 55.5 Å². The number of carbonyl (C=O) groups excluding carboxylic acids is 2. The number of rotatable bonds is 4. The fourth-order valence-corrected chi connectivity index (χ4v) is 4.77. The van der Waals surface area contributed by atoms with E-state index in [2.05, 4.69) is 10.6 Å². The van der Waals surface area contributed by atoms with Gasteiger partial charge < -0.3 is 15.4 Å². The summed E-state index contributed by atoms with van der Waals surface area (Å²) in [6, 6.07) is 13.2. The molecule has 0 spiro atoms. The van der Waals surface area contributed by atoms with Gasteiger partial charge in [0.1, 0.15) is 11.4 Å². The highest BCUT2D eigenvalue weighted by Crippen LogP contribution is 2.52. The number of hydrogen-bond acceptors (Lipinski definition) is 4. The number of ether oxygens (including phenoxy) is 1. The Labute approximate surface area is 184 Å². The molecule has 0 radical (unpaired) electrons. The number of halogens is 1. The minimum Gasteiger partial charge on any atom is -0.360 e. The van der Waals surface area contributed by atoms with Crippen LogP contribution < -0.4 is 15.5 Å². The summed E-state index contributed by atoms with van der Waals surface area (Å²) in [4.78, 5) is 27.7. The lowest BCUT2D eigenvalue weighted by atomic mass is 9.77. The van der Waals surface area contributed by atoms with Gasteiger partial charge in [0.2, 0.25) is 11.8 Å². The summed E-state index contributed by atoms with van der Waals surface area (Å²) in [6.45, 7) is 2.18. The van der Waals surface area contributed by atoms with E-state index in [1.54, 1.807) is 24.3 Å². The minimum atomic E-state index is -0.948. The van der Waals surface area contributed by atoms with Crippen molar-refractivity contribution < 1.29 is 18.7 Å². The normalized spacial score (nSPS) is 28.2. The molecule has 31 heavy (non-hydrogen) atoms. The molecule has 2 N–H and O–H groups in total. The van der Waals surface area contributed by atoms with Gasteiger partial charge in [0, 0.05) is 5.69 Å². The maximum atomic E-state index is 13.3. The number of carbonyl (C=O) groups is 2. The van der Waals surface area contributed by atoms with Gasteiger partial charge in [-0.1, -0.05) is 29.8 Å². The van der Waals surface area contributed by atoms with Crippen LogP contribution in [-0.2, 0) is 14.3 Å². The van der Waals surface area contributed by atoms with Gasteiger partial charge in [-0.25, -0.2) is 9.29 Å². The van der Waals surface area contributed by atoms with Crippen molar-refractivity contribution >= 4 is 40.5 Å². The molecule has 0 saturated carbocycles. The van der Waals surface area contributed by atoms with Crippen LogP contribution in [0.4, 0.5) is 15.8 Å². The van der Waals surface area contributed by atoms with E-state index in [9.17, 15) is 14.0 Å². The molecular weight excluding hydrogens is 417 g/mol. The zero-order chi connectivity index (χ0) is 21.8. The average Bonchev–Trinajstić information content (AvgIpc) is 3.40. The summed E-state index contributed by atoms with van der Waals surface area (Å²) < 4.78 is 19.2. The number of hydrogen-bond donors (Lipinski definition) is 2. The second kappa shape index (κ2) is 7.25. The maximum absolute atomic E-state index is 13.3. The first-order chi connectivity index (χ1) is 14.9. The molecule has 4 atom stereocenters. The Hall–Kier alpha value is -3.10. The summed E-state index contributed by atoms with van der Waals surface area (Å²) in [6.07, 6.45) is 3.27. The number of anilines is 2. The quantitative estimate of drug-likeness (QED) is 0.436. The highest BCUT2D eigenvalue weighted by molar-refractivity contribution is 7.80. The van der Waals surface area contributed by atoms with Crippen LogP contribution in [0.25, 0.3) is 0 Å². The van der Waals surface area contributed by atoms with Crippen molar-refractivity contribution in [3.8, 4) is 0 Å². The molecule has 2 aromatic rings. The van der Waals surface area contributed by atoms with Crippen LogP contribution in [0.5, 0.6) is 0 Å². The molecule has 5 rings (SSSR count). The van der Waals surface area contributed by atoms with Crippen molar-refractivity contribution in [2.45, 2.75) is 18.6 Å². The summed E-state index contributed by atoms with van der Waals surface area (Å²) in [5.41, 5.74) is 1.32. The fourth-order valence-electron chi connectivity index (χ4n) is 4.58. The molecule has 2 aromatic carbocycles. The van der Waals surface area contributed by atoms with Crippen LogP contribution in [-0.4, -0.2) is 35.2 Å². The van der Waals surface area contributed by atoms with E-state index in [0.29, 0.717) is 16.5 Å². The molecule has 6 nitrogen and oxygen atoms in total. The van der Waals surface area contributed by atoms with E-state index in [0.717, 1.165) is 5.56 Å². The predicted molar refractivity (Wildman–Crippen MR) is 118 cm³/mol. The monoisotopic (exact) mass is 437 g/mol. The molecule has 0 aliphatic carbocycles. The van der Waals surface area contributed by atoms with E-state index in [4.69, 9.17) is 17.0 Å². The van der Waals surface area contributed by atoms with Crippen molar-refractivity contribution in [2.75, 3.05) is 16.8 Å². The molecule has 2 amide bonds. The van der Waals surface area contributed by atoms with Crippen LogP contribution in [0.2, 0.25) is 0 Å². The summed E-state index contributed by atoms with van der Waals surface area (Å²) >= 11 is 5.34. The third-order valence-electron chi connectivity index (χ3n) is 6.07. The Bertz CT molecular complexity index is 1100. The molecule has 0 aromatic heterocycles. The van der Waals surface area contributed by atoms with E-state index < -0.39 is 23.5 Å². The number of thiocarbonyl (C=S) groups is 1. The number of nitrogens with zero attached hydrogens (tertiary/aromatic N) is 1. The number of nitrogens with one attached hydrogen (secondary N) is 2. The topological polar surface area (TPSA) is 70.7 Å². The van der Waals surface area contributed by atoms with E-state index in [1.807, 2.05) is 31.2 Å². The summed E-state index contributed by atoms with van der Waals surface area (Å²) in [7, 11) is 0. The molecule has 2 bridgehead atoms. The molecule has 3 aliphatic rings. The van der Waals surface area contributed by atoms with Crippen molar-refractivity contribution in [1.29, 1.82) is 0 Å². The highest BCUT2D eigenvalue weighted by atomic mass is 32.1. The number of imide groups is 1. The molecular formula is C23H20FN3O3S. The predicted octanol–water partition coefficient (Wildman–Crippen LogP) is 2.93. The Morgan fingerprint density at radius 2 is 1.84 bits per heavy atom. The van der Waals surface area contributed by atoms with Gasteiger partial charge in [0.25, 0.3) is 0 Å². The van der Waals surface area contributed by atoms with Crippen LogP contribution >= 0.6 is 12.2 Å². The average molecular weight is 437 g/mol. The van der Waals surface area contributed by atoms with Gasteiger partial charge in [-0.3, -0.25) is 9.59 Å². The van der Waals surface area contributed by atoms with E-state index in [-0.39, 0.29) is 24.2 Å². The van der Waals surface area contributed by atoms with Crippen LogP contribution in [0, 0.1) is 24.6 Å². The zero-order valence-electron chi connectivity index (χ0n) is 16.7. The summed E-state index contributed by atoms with van der Waals surface area (Å²) in [5.74, 6) is -1.98. The zero-order valence-corrected chi connectivity index (χ0v) is 17.5. The second-order valence-corrected chi connectivity index (χ2v) is 8.47. The van der Waals surface area contributed by atoms with Gasteiger partial charge in [-0.2, -0.15) is 0 Å². The molecule has 8 heteroatoms. The van der Waals surface area contributed by atoms with Gasteiger partial charge in [-0.15, -0.1) is 0 Å². The molecule has 3 aliphatic heterocycles. The lowest BCUT2D eigenvalue weighted by Gasteiger charge is -2.29. The van der Waals surface area contributed by atoms with Gasteiger partial charge in [0.05, 0.1) is 30.2 Å². The van der Waals surface area contributed by atoms with Crippen molar-refractivity contribution in [3.63, 3.8) is 0 Å². The van der Waals surface area contributed by atoms with Crippen molar-refractivity contribution in [1.82, 2.24) is 5.32 Å². The molecule has 158 valence electrons. The Balaban J connectivity index is 1.33. The van der Waals surface area contributed by atoms with Crippen LogP contribution in [0.15, 0.2) is 60.7 Å². The molecule has 0 unspecified atom stereocenters.